The summed E-state index contributed by atoms with van der Waals surface area (Å²) < 4.78 is 15.9. The Morgan fingerprint density at radius 1 is 1.23 bits per heavy atom. The predicted molar refractivity (Wildman–Crippen MR) is 93.7 cm³/mol. The van der Waals surface area contributed by atoms with Crippen molar-refractivity contribution in [3.63, 3.8) is 0 Å². The van der Waals surface area contributed by atoms with Crippen molar-refractivity contribution in [2.24, 2.45) is 0 Å². The normalized spacial score (nSPS) is 11.0. The zero-order valence-electron chi connectivity index (χ0n) is 13.5. The third-order valence-corrected chi connectivity index (χ3v) is 3.83. The summed E-state index contributed by atoms with van der Waals surface area (Å²) in [5.74, 6) is 0.330. The molecule has 0 aliphatic carbocycles. The first-order valence-corrected chi connectivity index (χ1v) is 7.76. The largest absolute Gasteiger partial charge is 0.384 e. The maximum absolute atomic E-state index is 12.9. The van der Waals surface area contributed by atoms with E-state index in [9.17, 15) is 9.18 Å². The van der Waals surface area contributed by atoms with Crippen molar-refractivity contribution in [2.75, 3.05) is 11.1 Å². The van der Waals surface area contributed by atoms with Crippen LogP contribution in [0.4, 0.5) is 16.0 Å². The number of nitrogens with two attached hydrogens (primary N) is 1. The number of anilines is 2. The molecule has 0 spiro atoms. The Kier molecular flexibility index (Phi) is 3.81. The fourth-order valence-corrected chi connectivity index (χ4v) is 2.60. The maximum atomic E-state index is 12.9. The molecule has 0 saturated carbocycles. The number of carbonyl (C=O) groups excluding carboxylic acids is 1. The van der Waals surface area contributed by atoms with E-state index >= 15 is 0 Å². The number of nitrogens with one attached hydrogen (secondary N) is 1. The smallest absolute Gasteiger partial charge is 0.262 e. The van der Waals surface area contributed by atoms with Gasteiger partial charge < -0.3 is 11.1 Å². The van der Waals surface area contributed by atoms with Crippen LogP contribution in [0.3, 0.4) is 0 Å². The molecule has 4 aromatic rings. The van der Waals surface area contributed by atoms with Crippen LogP contribution in [-0.2, 0) is 6.67 Å². The number of rotatable bonds is 4. The predicted octanol–water partition coefficient (Wildman–Crippen LogP) is 2.22. The number of aromatic nitrogens is 5. The van der Waals surface area contributed by atoms with Gasteiger partial charge >= 0.3 is 0 Å². The van der Waals surface area contributed by atoms with E-state index in [0.717, 1.165) is 0 Å². The molecule has 8 nitrogen and oxygen atoms in total. The van der Waals surface area contributed by atoms with E-state index in [1.807, 2.05) is 0 Å². The van der Waals surface area contributed by atoms with Crippen molar-refractivity contribution in [3.8, 4) is 5.69 Å². The van der Waals surface area contributed by atoms with E-state index in [1.54, 1.807) is 48.8 Å². The summed E-state index contributed by atoms with van der Waals surface area (Å²) in [4.78, 5) is 16.8. The highest BCUT2D eigenvalue weighted by molar-refractivity contribution is 6.07. The van der Waals surface area contributed by atoms with E-state index in [0.29, 0.717) is 28.5 Å². The summed E-state index contributed by atoms with van der Waals surface area (Å²) in [5.41, 5.74) is 7.49. The topological polar surface area (TPSA) is 103 Å². The first-order valence-electron chi connectivity index (χ1n) is 7.76. The highest BCUT2D eigenvalue weighted by Gasteiger charge is 2.16. The van der Waals surface area contributed by atoms with Gasteiger partial charge in [0.2, 0.25) is 0 Å². The van der Waals surface area contributed by atoms with Crippen LogP contribution >= 0.6 is 0 Å². The van der Waals surface area contributed by atoms with E-state index in [2.05, 4.69) is 20.5 Å². The van der Waals surface area contributed by atoms with Crippen molar-refractivity contribution >= 4 is 23.2 Å². The third-order valence-electron chi connectivity index (χ3n) is 3.83. The number of amides is 1. The molecule has 0 fully saturated rings. The molecule has 1 amide bonds. The first-order chi connectivity index (χ1) is 12.7. The minimum Gasteiger partial charge on any atom is -0.384 e. The Morgan fingerprint density at radius 3 is 2.96 bits per heavy atom. The molecule has 130 valence electrons. The van der Waals surface area contributed by atoms with Crippen molar-refractivity contribution < 1.29 is 9.18 Å². The fraction of sp³-hybridized carbons (Fsp3) is 0.0588. The van der Waals surface area contributed by atoms with Crippen molar-refractivity contribution in [1.29, 1.82) is 0 Å². The molecule has 1 aromatic carbocycles. The number of hydrogen-bond donors (Lipinski definition) is 2. The molecule has 3 heterocycles. The number of carbonyl (C=O) groups is 1. The molecular formula is C17H14FN7O. The molecular weight excluding hydrogens is 337 g/mol. The summed E-state index contributed by atoms with van der Waals surface area (Å²) in [5, 5.41) is 11.1. The van der Waals surface area contributed by atoms with E-state index < -0.39 is 12.6 Å². The lowest BCUT2D eigenvalue weighted by Gasteiger charge is -2.09. The number of nitrogens with zero attached hydrogens (tertiary/aromatic N) is 5. The van der Waals surface area contributed by atoms with Crippen LogP contribution in [0.2, 0.25) is 0 Å². The lowest BCUT2D eigenvalue weighted by molar-refractivity contribution is 0.102. The molecule has 3 N–H and O–H groups in total. The van der Waals surface area contributed by atoms with Crippen LogP contribution in [-0.4, -0.2) is 30.3 Å². The zero-order valence-corrected chi connectivity index (χ0v) is 13.5. The van der Waals surface area contributed by atoms with Gasteiger partial charge in [-0.3, -0.25) is 4.79 Å². The standard InChI is InChI=1S/C17H14FN7O/c18-9-11-2-1-3-12(8-11)25-15(4-6-20-25)23-17(26)13-10-21-24-7-5-14(19)22-16(13)24/h1-8,10H,9H2,(H2,19,22)(H,23,26). The summed E-state index contributed by atoms with van der Waals surface area (Å²) in [6.45, 7) is -0.577. The number of nitrogen functional groups attached to an aromatic ring is 1. The highest BCUT2D eigenvalue weighted by atomic mass is 19.1. The number of alkyl halides is 1. The molecule has 0 radical (unpaired) electrons. The van der Waals surface area contributed by atoms with Gasteiger partial charge in [-0.2, -0.15) is 10.2 Å². The van der Waals surface area contributed by atoms with Gasteiger partial charge in [-0.15, -0.1) is 0 Å². The van der Waals surface area contributed by atoms with Gasteiger partial charge in [0.05, 0.1) is 18.1 Å². The molecule has 0 unspecified atom stereocenters. The molecule has 0 aliphatic heterocycles. The van der Waals surface area contributed by atoms with Gasteiger partial charge in [-0.1, -0.05) is 12.1 Å². The molecule has 0 atom stereocenters. The number of halogens is 1. The van der Waals surface area contributed by atoms with Gasteiger partial charge in [0.25, 0.3) is 5.91 Å². The van der Waals surface area contributed by atoms with Crippen LogP contribution < -0.4 is 11.1 Å². The number of fused-ring (bicyclic) bond motifs is 1. The molecule has 3 aromatic heterocycles. The van der Waals surface area contributed by atoms with Crippen molar-refractivity contribution in [3.05, 3.63) is 66.1 Å². The second-order valence-electron chi connectivity index (χ2n) is 5.56. The van der Waals surface area contributed by atoms with E-state index in [-0.39, 0.29) is 5.56 Å². The molecule has 9 heteroatoms. The lowest BCUT2D eigenvalue weighted by atomic mass is 10.2. The number of benzene rings is 1. The average molecular weight is 351 g/mol. The van der Waals surface area contributed by atoms with Gasteiger partial charge in [-0.25, -0.2) is 18.6 Å². The average Bonchev–Trinajstić information content (AvgIpc) is 3.28. The van der Waals surface area contributed by atoms with Gasteiger partial charge in [0.1, 0.15) is 23.9 Å². The molecule has 0 bridgehead atoms. The quantitative estimate of drug-likeness (QED) is 0.587. The molecule has 4 rings (SSSR count). The maximum Gasteiger partial charge on any atom is 0.262 e. The van der Waals surface area contributed by atoms with E-state index in [4.69, 9.17) is 5.73 Å². The molecule has 0 saturated heterocycles. The SMILES string of the molecule is Nc1ccn2ncc(C(=O)Nc3ccnn3-c3cccc(CF)c3)c2n1. The van der Waals surface area contributed by atoms with Crippen LogP contribution in [0.25, 0.3) is 11.3 Å². The first kappa shape index (κ1) is 15.8. The van der Waals surface area contributed by atoms with Crippen LogP contribution in [0.5, 0.6) is 0 Å². The molecule has 26 heavy (non-hydrogen) atoms. The minimum atomic E-state index is -0.577. The molecule has 0 aliphatic rings. The monoisotopic (exact) mass is 351 g/mol. The summed E-state index contributed by atoms with van der Waals surface area (Å²) in [7, 11) is 0. The van der Waals surface area contributed by atoms with Crippen molar-refractivity contribution in [1.82, 2.24) is 24.4 Å². The Balaban J connectivity index is 1.66. The minimum absolute atomic E-state index is 0.280. The van der Waals surface area contributed by atoms with Gasteiger partial charge in [-0.05, 0) is 23.8 Å². The van der Waals surface area contributed by atoms with Gasteiger partial charge in [0, 0.05) is 12.3 Å². The lowest BCUT2D eigenvalue weighted by Crippen LogP contribution is -2.15. The number of hydrogen-bond acceptors (Lipinski definition) is 5. The van der Waals surface area contributed by atoms with Crippen LogP contribution in [0, 0.1) is 0 Å². The second-order valence-corrected chi connectivity index (χ2v) is 5.56. The van der Waals surface area contributed by atoms with Crippen LogP contribution in [0.15, 0.2) is 55.0 Å². The second kappa shape index (κ2) is 6.28. The van der Waals surface area contributed by atoms with E-state index in [1.165, 1.54) is 15.4 Å². The summed E-state index contributed by atoms with van der Waals surface area (Å²) in [6, 6.07) is 10.1. The summed E-state index contributed by atoms with van der Waals surface area (Å²) >= 11 is 0. The zero-order chi connectivity index (χ0) is 18.1. The Morgan fingerprint density at radius 2 is 2.12 bits per heavy atom. The van der Waals surface area contributed by atoms with Crippen LogP contribution in [0.1, 0.15) is 15.9 Å². The Bertz CT molecular complexity index is 1100. The highest BCUT2D eigenvalue weighted by Crippen LogP contribution is 2.18. The van der Waals surface area contributed by atoms with Crippen molar-refractivity contribution in [2.45, 2.75) is 6.67 Å². The Labute approximate surface area is 147 Å². The third kappa shape index (κ3) is 2.75. The Hall–Kier alpha value is -3.75. The van der Waals surface area contributed by atoms with Gasteiger partial charge in [0.15, 0.2) is 5.65 Å². The summed E-state index contributed by atoms with van der Waals surface area (Å²) in [6.07, 6.45) is 4.59. The fourth-order valence-electron chi connectivity index (χ4n) is 2.60.